The highest BCUT2D eigenvalue weighted by Gasteiger charge is 2.33. The first kappa shape index (κ1) is 19.0. The van der Waals surface area contributed by atoms with Gasteiger partial charge in [0.1, 0.15) is 5.76 Å². The van der Waals surface area contributed by atoms with Crippen molar-refractivity contribution in [3.8, 4) is 0 Å². The lowest BCUT2D eigenvalue weighted by molar-refractivity contribution is 0.0736. The van der Waals surface area contributed by atoms with Gasteiger partial charge in [-0.25, -0.2) is 8.42 Å². The summed E-state index contributed by atoms with van der Waals surface area (Å²) in [7, 11) is -2.96. The lowest BCUT2D eigenvalue weighted by Gasteiger charge is -2.36. The molecule has 152 valence electrons. The molecule has 10 heteroatoms. The van der Waals surface area contributed by atoms with Crippen molar-refractivity contribution >= 4 is 21.4 Å². The molecule has 9 nitrogen and oxygen atoms in total. The molecule has 1 amide bonds. The van der Waals surface area contributed by atoms with Crippen molar-refractivity contribution in [1.82, 2.24) is 19.8 Å². The predicted octanol–water partition coefficient (Wildman–Crippen LogP) is 1.12. The maximum Gasteiger partial charge on any atom is 0.276 e. The van der Waals surface area contributed by atoms with E-state index in [2.05, 4.69) is 15.2 Å². The minimum atomic E-state index is -2.96. The highest BCUT2D eigenvalue weighted by molar-refractivity contribution is 7.91. The van der Waals surface area contributed by atoms with Crippen LogP contribution in [0.5, 0.6) is 0 Å². The summed E-state index contributed by atoms with van der Waals surface area (Å²) < 4.78 is 30.6. The van der Waals surface area contributed by atoms with Gasteiger partial charge < -0.3 is 14.3 Å². The zero-order chi connectivity index (χ0) is 20.1. The summed E-state index contributed by atoms with van der Waals surface area (Å²) in [4.78, 5) is 16.6. The summed E-state index contributed by atoms with van der Waals surface area (Å²) in [5, 5.41) is 8.46. The van der Waals surface area contributed by atoms with Crippen LogP contribution in [0.3, 0.4) is 0 Å². The number of carbonyl (C=O) groups excluding carboxylic acids is 1. The van der Waals surface area contributed by atoms with Crippen molar-refractivity contribution in [3.63, 3.8) is 0 Å². The first-order valence-electron chi connectivity index (χ1n) is 9.49. The smallest absolute Gasteiger partial charge is 0.276 e. The van der Waals surface area contributed by atoms with Gasteiger partial charge in [0, 0.05) is 32.2 Å². The molecule has 4 rings (SSSR count). The third kappa shape index (κ3) is 3.41. The Labute approximate surface area is 164 Å². The molecule has 2 fully saturated rings. The Balaban J connectivity index is 1.47. The summed E-state index contributed by atoms with van der Waals surface area (Å²) in [6.07, 6.45) is 0.614. The number of anilines is 1. The van der Waals surface area contributed by atoms with Crippen molar-refractivity contribution in [2.45, 2.75) is 33.2 Å². The predicted molar refractivity (Wildman–Crippen MR) is 103 cm³/mol. The van der Waals surface area contributed by atoms with Gasteiger partial charge in [-0.05, 0) is 27.2 Å². The Kier molecular flexibility index (Phi) is 4.68. The second-order valence-electron chi connectivity index (χ2n) is 7.62. The lowest BCUT2D eigenvalue weighted by atomic mass is 10.2. The number of nitrogens with zero attached hydrogens (tertiary/aromatic N) is 5. The third-order valence-electron chi connectivity index (χ3n) is 5.57. The standard InChI is InChI=1S/C18H25N5O4S/c1-12-10-16(20-27-12)18(24)22-7-5-21(6-8-22)17-13(2)19-23(14(17)3)15-4-9-28(25,26)11-15/h10,15H,4-9,11H2,1-3H3. The molecule has 0 bridgehead atoms. The van der Waals surface area contributed by atoms with E-state index < -0.39 is 9.84 Å². The van der Waals surface area contributed by atoms with Gasteiger partial charge in [0.25, 0.3) is 5.91 Å². The van der Waals surface area contributed by atoms with Crippen LogP contribution in [0.15, 0.2) is 10.6 Å². The molecular formula is C18H25N5O4S. The first-order chi connectivity index (χ1) is 13.2. The maximum absolute atomic E-state index is 12.5. The van der Waals surface area contributed by atoms with Crippen LogP contribution in [0.2, 0.25) is 0 Å². The Hall–Kier alpha value is -2.36. The van der Waals surface area contributed by atoms with E-state index in [1.165, 1.54) is 0 Å². The molecule has 0 radical (unpaired) electrons. The molecular weight excluding hydrogens is 382 g/mol. The summed E-state index contributed by atoms with van der Waals surface area (Å²) in [6, 6.07) is 1.57. The Morgan fingerprint density at radius 3 is 2.46 bits per heavy atom. The number of aryl methyl sites for hydroxylation is 2. The van der Waals surface area contributed by atoms with E-state index in [0.29, 0.717) is 44.1 Å². The monoisotopic (exact) mass is 407 g/mol. The minimum Gasteiger partial charge on any atom is -0.365 e. The molecule has 2 aliphatic rings. The van der Waals surface area contributed by atoms with Crippen molar-refractivity contribution in [1.29, 1.82) is 0 Å². The van der Waals surface area contributed by atoms with E-state index in [1.54, 1.807) is 17.9 Å². The van der Waals surface area contributed by atoms with E-state index in [4.69, 9.17) is 4.52 Å². The number of carbonyl (C=O) groups is 1. The van der Waals surface area contributed by atoms with Crippen molar-refractivity contribution in [2.75, 3.05) is 42.6 Å². The Morgan fingerprint density at radius 1 is 1.18 bits per heavy atom. The molecule has 0 spiro atoms. The number of aromatic nitrogens is 3. The van der Waals surface area contributed by atoms with Crippen molar-refractivity contribution < 1.29 is 17.7 Å². The fourth-order valence-electron chi connectivity index (χ4n) is 4.20. The second kappa shape index (κ2) is 6.91. The molecule has 4 heterocycles. The van der Waals surface area contributed by atoms with Crippen LogP contribution >= 0.6 is 0 Å². The maximum atomic E-state index is 12.5. The molecule has 1 unspecified atom stereocenters. The molecule has 28 heavy (non-hydrogen) atoms. The number of piperazine rings is 1. The molecule has 2 aliphatic heterocycles. The topological polar surface area (TPSA) is 102 Å². The molecule has 2 aromatic rings. The van der Waals surface area contributed by atoms with Crippen LogP contribution in [0, 0.1) is 20.8 Å². The minimum absolute atomic E-state index is 0.0873. The number of hydrogen-bond acceptors (Lipinski definition) is 7. The zero-order valence-electron chi connectivity index (χ0n) is 16.4. The normalized spacial score (nSPS) is 22.0. The number of hydrogen-bond donors (Lipinski definition) is 0. The summed E-state index contributed by atoms with van der Waals surface area (Å²) in [5.74, 6) is 0.896. The molecule has 1 atom stereocenters. The number of amides is 1. The van der Waals surface area contributed by atoms with Gasteiger partial charge in [-0.15, -0.1) is 0 Å². The SMILES string of the molecule is Cc1cc(C(=O)N2CCN(c3c(C)nn(C4CCS(=O)(=O)C4)c3C)CC2)no1. The first-order valence-corrected chi connectivity index (χ1v) is 11.3. The fraction of sp³-hybridized carbons (Fsp3) is 0.611. The number of sulfone groups is 1. The van der Waals surface area contributed by atoms with Gasteiger partial charge in [0.15, 0.2) is 15.5 Å². The van der Waals surface area contributed by atoms with Crippen LogP contribution < -0.4 is 4.90 Å². The summed E-state index contributed by atoms with van der Waals surface area (Å²) >= 11 is 0. The molecule has 2 aromatic heterocycles. The third-order valence-corrected chi connectivity index (χ3v) is 7.32. The highest BCUT2D eigenvalue weighted by Crippen LogP contribution is 2.31. The summed E-state index contributed by atoms with van der Waals surface area (Å²) in [6.45, 7) is 8.28. The molecule has 0 N–H and O–H groups in total. The van der Waals surface area contributed by atoms with E-state index in [9.17, 15) is 13.2 Å². The zero-order valence-corrected chi connectivity index (χ0v) is 17.2. The number of rotatable bonds is 3. The molecule has 0 aromatic carbocycles. The second-order valence-corrected chi connectivity index (χ2v) is 9.85. The lowest BCUT2D eigenvalue weighted by Crippen LogP contribution is -2.49. The van der Waals surface area contributed by atoms with Gasteiger partial charge in [-0.1, -0.05) is 5.16 Å². The average Bonchev–Trinajstić information content (AvgIpc) is 3.32. The Morgan fingerprint density at radius 2 is 1.89 bits per heavy atom. The van der Waals surface area contributed by atoms with Crippen molar-refractivity contribution in [2.24, 2.45) is 0 Å². The molecule has 0 saturated carbocycles. The van der Waals surface area contributed by atoms with Crippen LogP contribution in [0.1, 0.15) is 40.1 Å². The highest BCUT2D eigenvalue weighted by atomic mass is 32.2. The van der Waals surface area contributed by atoms with Crippen LogP contribution in [-0.2, 0) is 9.84 Å². The quantitative estimate of drug-likeness (QED) is 0.751. The largest absolute Gasteiger partial charge is 0.365 e. The fourth-order valence-corrected chi connectivity index (χ4v) is 5.89. The van der Waals surface area contributed by atoms with Crippen molar-refractivity contribution in [3.05, 3.63) is 28.9 Å². The van der Waals surface area contributed by atoms with E-state index >= 15 is 0 Å². The average molecular weight is 407 g/mol. The van der Waals surface area contributed by atoms with Crippen LogP contribution in [0.25, 0.3) is 0 Å². The van der Waals surface area contributed by atoms with Gasteiger partial charge in [-0.3, -0.25) is 9.48 Å². The van der Waals surface area contributed by atoms with Crippen LogP contribution in [0.4, 0.5) is 5.69 Å². The van der Waals surface area contributed by atoms with Gasteiger partial charge in [0.05, 0.1) is 34.6 Å². The van der Waals surface area contributed by atoms with Gasteiger partial charge in [-0.2, -0.15) is 5.10 Å². The molecule has 2 saturated heterocycles. The summed E-state index contributed by atoms with van der Waals surface area (Å²) in [5.41, 5.74) is 3.28. The van der Waals surface area contributed by atoms with E-state index in [0.717, 1.165) is 17.1 Å². The van der Waals surface area contributed by atoms with E-state index in [-0.39, 0.29) is 23.5 Å². The van der Waals surface area contributed by atoms with Gasteiger partial charge >= 0.3 is 0 Å². The molecule has 0 aliphatic carbocycles. The Bertz CT molecular complexity index is 1000. The van der Waals surface area contributed by atoms with Gasteiger partial charge in [0.2, 0.25) is 0 Å². The van der Waals surface area contributed by atoms with E-state index in [1.807, 2.05) is 18.5 Å². The van der Waals surface area contributed by atoms with Crippen LogP contribution in [-0.4, -0.2) is 71.8 Å².